The van der Waals surface area contributed by atoms with Crippen molar-refractivity contribution in [3.05, 3.63) is 88.8 Å². The van der Waals surface area contributed by atoms with Crippen LogP contribution in [-0.4, -0.2) is 20.1 Å². The van der Waals surface area contributed by atoms with Gasteiger partial charge in [0.05, 0.1) is 19.8 Å². The normalized spacial score (nSPS) is 10.6. The van der Waals surface area contributed by atoms with Gasteiger partial charge in [0.15, 0.2) is 0 Å². The van der Waals surface area contributed by atoms with Gasteiger partial charge in [0.1, 0.15) is 22.6 Å². The van der Waals surface area contributed by atoms with E-state index in [0.717, 1.165) is 5.39 Å². The summed E-state index contributed by atoms with van der Waals surface area (Å²) in [5.74, 6) is 0.469. The average Bonchev–Trinajstić information content (AvgIpc) is 2.78. The van der Waals surface area contributed by atoms with Crippen LogP contribution in [0.3, 0.4) is 0 Å². The van der Waals surface area contributed by atoms with Crippen LogP contribution in [0.4, 0.5) is 5.69 Å². The number of amides is 1. The average molecular weight is 401 g/mol. The molecule has 0 bridgehead atoms. The minimum atomic E-state index is -0.413. The largest absolute Gasteiger partial charge is 0.496 e. The van der Waals surface area contributed by atoms with E-state index in [9.17, 15) is 9.59 Å². The highest BCUT2D eigenvalue weighted by atomic mass is 16.5. The molecule has 0 atom stereocenters. The first-order chi connectivity index (χ1) is 14.6. The van der Waals surface area contributed by atoms with Gasteiger partial charge in [0.2, 0.25) is 0 Å². The SMILES string of the molecule is COc1cccc(OC)c1C(=O)Nc1ccc(-c2cc3ccccc3oc2=O)cc1. The molecule has 0 radical (unpaired) electrons. The lowest BCUT2D eigenvalue weighted by Crippen LogP contribution is -2.14. The van der Waals surface area contributed by atoms with E-state index in [2.05, 4.69) is 5.32 Å². The second-order valence-electron chi connectivity index (χ2n) is 6.55. The van der Waals surface area contributed by atoms with Crippen molar-refractivity contribution < 1.29 is 18.7 Å². The number of rotatable bonds is 5. The third kappa shape index (κ3) is 3.63. The van der Waals surface area contributed by atoms with Gasteiger partial charge in [0, 0.05) is 11.1 Å². The molecule has 4 rings (SSSR count). The molecule has 150 valence electrons. The Kier molecular flexibility index (Phi) is 5.22. The van der Waals surface area contributed by atoms with Gasteiger partial charge in [-0.3, -0.25) is 4.79 Å². The summed E-state index contributed by atoms with van der Waals surface area (Å²) >= 11 is 0. The Bertz CT molecular complexity index is 1250. The van der Waals surface area contributed by atoms with E-state index in [1.807, 2.05) is 18.2 Å². The van der Waals surface area contributed by atoms with E-state index in [1.54, 1.807) is 54.6 Å². The van der Waals surface area contributed by atoms with E-state index < -0.39 is 5.63 Å². The summed E-state index contributed by atoms with van der Waals surface area (Å²) in [6.07, 6.45) is 0. The van der Waals surface area contributed by atoms with E-state index in [0.29, 0.717) is 39.5 Å². The quantitative estimate of drug-likeness (QED) is 0.489. The molecule has 0 unspecified atom stereocenters. The fraction of sp³-hybridized carbons (Fsp3) is 0.0833. The number of ether oxygens (including phenoxy) is 2. The summed E-state index contributed by atoms with van der Waals surface area (Å²) in [4.78, 5) is 25.2. The number of fused-ring (bicyclic) bond motifs is 1. The number of benzene rings is 3. The van der Waals surface area contributed by atoms with Crippen LogP contribution in [0.1, 0.15) is 10.4 Å². The van der Waals surface area contributed by atoms with Crippen LogP contribution < -0.4 is 20.4 Å². The van der Waals surface area contributed by atoms with Crippen molar-refractivity contribution in [2.75, 3.05) is 19.5 Å². The van der Waals surface area contributed by atoms with Gasteiger partial charge in [-0.2, -0.15) is 0 Å². The minimum Gasteiger partial charge on any atom is -0.496 e. The Morgan fingerprint density at radius 1 is 0.867 bits per heavy atom. The molecule has 0 saturated heterocycles. The van der Waals surface area contributed by atoms with Gasteiger partial charge >= 0.3 is 5.63 Å². The smallest absolute Gasteiger partial charge is 0.344 e. The Balaban J connectivity index is 1.62. The predicted molar refractivity (Wildman–Crippen MR) is 115 cm³/mol. The molecule has 1 N–H and O–H groups in total. The van der Waals surface area contributed by atoms with Crippen LogP contribution in [-0.2, 0) is 0 Å². The van der Waals surface area contributed by atoms with Crippen molar-refractivity contribution in [2.45, 2.75) is 0 Å². The lowest BCUT2D eigenvalue weighted by molar-refractivity contribution is 0.102. The lowest BCUT2D eigenvalue weighted by atomic mass is 10.1. The molecule has 1 aromatic heterocycles. The number of carbonyl (C=O) groups is 1. The first-order valence-corrected chi connectivity index (χ1v) is 9.26. The summed E-state index contributed by atoms with van der Waals surface area (Å²) in [5, 5.41) is 3.67. The van der Waals surface area contributed by atoms with Crippen molar-refractivity contribution in [1.82, 2.24) is 0 Å². The number of hydrogen-bond acceptors (Lipinski definition) is 5. The van der Waals surface area contributed by atoms with Crippen molar-refractivity contribution in [1.29, 1.82) is 0 Å². The number of methoxy groups -OCH3 is 2. The summed E-state index contributed by atoms with van der Waals surface area (Å²) in [6.45, 7) is 0. The molecule has 0 aliphatic carbocycles. The maximum Gasteiger partial charge on any atom is 0.344 e. The van der Waals surface area contributed by atoms with Crippen LogP contribution in [0, 0.1) is 0 Å². The highest BCUT2D eigenvalue weighted by Crippen LogP contribution is 2.29. The monoisotopic (exact) mass is 401 g/mol. The molecule has 3 aromatic carbocycles. The van der Waals surface area contributed by atoms with Crippen LogP contribution in [0.15, 0.2) is 82.0 Å². The Morgan fingerprint density at radius 3 is 2.20 bits per heavy atom. The molecule has 30 heavy (non-hydrogen) atoms. The standard InChI is InChI=1S/C24H19NO5/c1-28-20-8-5-9-21(29-2)22(20)23(26)25-17-12-10-15(11-13-17)18-14-16-6-3-4-7-19(16)30-24(18)27/h3-14H,1-2H3,(H,25,26). The maximum absolute atomic E-state index is 12.8. The number of carbonyl (C=O) groups excluding carboxylic acids is 1. The molecule has 1 heterocycles. The Hall–Kier alpha value is -4.06. The fourth-order valence-corrected chi connectivity index (χ4v) is 3.26. The molecule has 6 nitrogen and oxygen atoms in total. The van der Waals surface area contributed by atoms with Gasteiger partial charge in [-0.15, -0.1) is 0 Å². The van der Waals surface area contributed by atoms with Gasteiger partial charge in [0.25, 0.3) is 5.91 Å². The van der Waals surface area contributed by atoms with E-state index in [1.165, 1.54) is 14.2 Å². The van der Waals surface area contributed by atoms with Crippen LogP contribution in [0.2, 0.25) is 0 Å². The molecule has 0 fully saturated rings. The Morgan fingerprint density at radius 2 is 1.53 bits per heavy atom. The Labute approximate surface area is 172 Å². The predicted octanol–water partition coefficient (Wildman–Crippen LogP) is 4.73. The molecule has 4 aromatic rings. The zero-order valence-corrected chi connectivity index (χ0v) is 16.5. The zero-order chi connectivity index (χ0) is 21.1. The van der Waals surface area contributed by atoms with Gasteiger partial charge in [-0.1, -0.05) is 36.4 Å². The van der Waals surface area contributed by atoms with Crippen LogP contribution >= 0.6 is 0 Å². The molecule has 1 amide bonds. The zero-order valence-electron chi connectivity index (χ0n) is 16.5. The first kappa shape index (κ1) is 19.3. The maximum atomic E-state index is 12.8. The first-order valence-electron chi connectivity index (χ1n) is 9.26. The molecule has 0 saturated carbocycles. The van der Waals surface area contributed by atoms with Gasteiger partial charge in [-0.05, 0) is 42.0 Å². The van der Waals surface area contributed by atoms with Crippen molar-refractivity contribution in [3.8, 4) is 22.6 Å². The number of anilines is 1. The van der Waals surface area contributed by atoms with Crippen molar-refractivity contribution in [3.63, 3.8) is 0 Å². The van der Waals surface area contributed by atoms with Crippen LogP contribution in [0.25, 0.3) is 22.1 Å². The van der Waals surface area contributed by atoms with Crippen LogP contribution in [0.5, 0.6) is 11.5 Å². The lowest BCUT2D eigenvalue weighted by Gasteiger charge is -2.13. The number of nitrogens with one attached hydrogen (secondary N) is 1. The highest BCUT2D eigenvalue weighted by Gasteiger charge is 2.18. The van der Waals surface area contributed by atoms with E-state index in [-0.39, 0.29) is 5.91 Å². The van der Waals surface area contributed by atoms with Gasteiger partial charge in [-0.25, -0.2) is 4.79 Å². The summed E-state index contributed by atoms with van der Waals surface area (Å²) in [7, 11) is 2.99. The second-order valence-corrected chi connectivity index (χ2v) is 6.55. The molecular weight excluding hydrogens is 382 g/mol. The van der Waals surface area contributed by atoms with E-state index in [4.69, 9.17) is 13.9 Å². The van der Waals surface area contributed by atoms with E-state index >= 15 is 0 Å². The summed E-state index contributed by atoms with van der Waals surface area (Å²) < 4.78 is 16.0. The summed E-state index contributed by atoms with van der Waals surface area (Å²) in [5.41, 5.74) is 2.16. The minimum absolute atomic E-state index is 0.307. The number of hydrogen-bond donors (Lipinski definition) is 1. The second kappa shape index (κ2) is 8.13. The van der Waals surface area contributed by atoms with Crippen molar-refractivity contribution >= 4 is 22.6 Å². The third-order valence-electron chi connectivity index (χ3n) is 4.75. The number of para-hydroxylation sites is 1. The fourth-order valence-electron chi connectivity index (χ4n) is 3.26. The molecule has 0 spiro atoms. The molecule has 0 aliphatic rings. The molecular formula is C24H19NO5. The summed E-state index contributed by atoms with van der Waals surface area (Å²) in [6, 6.07) is 21.3. The van der Waals surface area contributed by atoms with Crippen molar-refractivity contribution in [2.24, 2.45) is 0 Å². The van der Waals surface area contributed by atoms with Gasteiger partial charge < -0.3 is 19.2 Å². The molecule has 6 heteroatoms. The molecule has 0 aliphatic heterocycles. The third-order valence-corrected chi connectivity index (χ3v) is 4.75. The highest BCUT2D eigenvalue weighted by molar-refractivity contribution is 6.08. The topological polar surface area (TPSA) is 77.8 Å².